The second kappa shape index (κ2) is 8.04. The predicted octanol–water partition coefficient (Wildman–Crippen LogP) is 4.14. The smallest absolute Gasteiger partial charge is 0.417 e. The first kappa shape index (κ1) is 21.1. The second-order valence-corrected chi connectivity index (χ2v) is 6.77. The highest BCUT2D eigenvalue weighted by atomic mass is 35.5. The van der Waals surface area contributed by atoms with Gasteiger partial charge in [-0.1, -0.05) is 11.6 Å². The Morgan fingerprint density at radius 2 is 1.90 bits per heavy atom. The predicted molar refractivity (Wildman–Crippen MR) is 105 cm³/mol. The van der Waals surface area contributed by atoms with E-state index in [9.17, 15) is 23.6 Å². The summed E-state index contributed by atoms with van der Waals surface area (Å²) in [5.74, 6) is -0.145. The number of nitrogens with zero attached hydrogens (tertiary/aromatic N) is 6. The fraction of sp³-hybridized carbons (Fsp3) is 0.158. The van der Waals surface area contributed by atoms with E-state index in [-0.39, 0.29) is 27.8 Å². The summed E-state index contributed by atoms with van der Waals surface area (Å²) in [6.45, 7) is 0. The minimum atomic E-state index is -4.61. The number of aromatic nitrogens is 3. The molecule has 0 aliphatic heterocycles. The molecular formula is C19H14ClF3N6O. The lowest BCUT2D eigenvalue weighted by atomic mass is 10.2. The van der Waals surface area contributed by atoms with E-state index < -0.39 is 11.7 Å². The quantitative estimate of drug-likeness (QED) is 0.267. The molecule has 0 amide bonds. The van der Waals surface area contributed by atoms with E-state index >= 15 is 0 Å². The van der Waals surface area contributed by atoms with Gasteiger partial charge in [0.05, 0.1) is 16.8 Å². The molecule has 0 aliphatic rings. The van der Waals surface area contributed by atoms with E-state index in [2.05, 4.69) is 10.1 Å². The topological polar surface area (TPSA) is 83.8 Å². The number of benzene rings is 1. The number of alkyl halides is 3. The molecule has 3 aromatic rings. The Hall–Kier alpha value is -3.58. The zero-order valence-electron chi connectivity index (χ0n) is 15.7. The zero-order chi connectivity index (χ0) is 22.1. The van der Waals surface area contributed by atoms with Crippen LogP contribution < -0.4 is 4.90 Å². The summed E-state index contributed by atoms with van der Waals surface area (Å²) in [6.07, 6.45) is -1.75. The minimum absolute atomic E-state index is 0.0262. The lowest BCUT2D eigenvalue weighted by Gasteiger charge is -2.12. The van der Waals surface area contributed by atoms with Crippen molar-refractivity contribution < 1.29 is 17.9 Å². The Balaban J connectivity index is 2.06. The standard InChI is InChI=1S/C19H14ClF3N6O/c1-27(2)14-3-5-15(6-4-14)28(30)11-17-12(8-24)9-26-29(17)18-16(20)7-13(10-25-18)19(21,22)23/h3-7,9-11H,1-2H3. The number of rotatable bonds is 4. The molecule has 0 fully saturated rings. The Morgan fingerprint density at radius 1 is 1.23 bits per heavy atom. The number of halogens is 4. The number of hydrogen-bond donors (Lipinski definition) is 0. The molecular weight excluding hydrogens is 421 g/mol. The number of hydrogen-bond acceptors (Lipinski definition) is 5. The van der Waals surface area contributed by atoms with Gasteiger partial charge in [0, 0.05) is 38.1 Å². The highest BCUT2D eigenvalue weighted by molar-refractivity contribution is 6.32. The second-order valence-electron chi connectivity index (χ2n) is 6.36. The fourth-order valence-corrected chi connectivity index (χ4v) is 2.81. The summed E-state index contributed by atoms with van der Waals surface area (Å²) < 4.78 is 40.1. The van der Waals surface area contributed by atoms with Gasteiger partial charge in [-0.25, -0.2) is 9.67 Å². The largest absolute Gasteiger partial charge is 0.618 e. The molecule has 30 heavy (non-hydrogen) atoms. The summed E-state index contributed by atoms with van der Waals surface area (Å²) in [4.78, 5) is 5.59. The van der Waals surface area contributed by atoms with Gasteiger partial charge in [0.2, 0.25) is 11.9 Å². The molecule has 154 valence electrons. The molecule has 0 N–H and O–H groups in total. The third-order valence-electron chi connectivity index (χ3n) is 4.14. The molecule has 2 aromatic heterocycles. The van der Waals surface area contributed by atoms with Crippen LogP contribution in [0.25, 0.3) is 5.82 Å². The molecule has 7 nitrogen and oxygen atoms in total. The van der Waals surface area contributed by atoms with Crippen molar-refractivity contribution in [2.24, 2.45) is 0 Å². The number of anilines is 1. The molecule has 1 aromatic carbocycles. The van der Waals surface area contributed by atoms with Crippen molar-refractivity contribution in [3.63, 3.8) is 0 Å². The van der Waals surface area contributed by atoms with Crippen LogP contribution in [0.4, 0.5) is 24.5 Å². The molecule has 0 bridgehead atoms. The lowest BCUT2D eigenvalue weighted by molar-refractivity contribution is -0.354. The Morgan fingerprint density at radius 3 is 2.43 bits per heavy atom. The van der Waals surface area contributed by atoms with Crippen LogP contribution in [-0.2, 0) is 6.18 Å². The van der Waals surface area contributed by atoms with Gasteiger partial charge in [0.25, 0.3) is 0 Å². The van der Waals surface area contributed by atoms with E-state index in [4.69, 9.17) is 11.6 Å². The molecule has 0 aliphatic carbocycles. The molecule has 0 radical (unpaired) electrons. The van der Waals surface area contributed by atoms with Gasteiger partial charge in [-0.3, -0.25) is 0 Å². The highest BCUT2D eigenvalue weighted by Crippen LogP contribution is 2.32. The molecule has 0 saturated carbocycles. The van der Waals surface area contributed by atoms with Gasteiger partial charge in [-0.2, -0.15) is 28.3 Å². The van der Waals surface area contributed by atoms with E-state index in [0.29, 0.717) is 17.0 Å². The van der Waals surface area contributed by atoms with Crippen LogP contribution in [0.5, 0.6) is 0 Å². The van der Waals surface area contributed by atoms with E-state index in [1.807, 2.05) is 25.1 Å². The summed E-state index contributed by atoms with van der Waals surface area (Å²) in [6, 6.07) is 9.26. The monoisotopic (exact) mass is 434 g/mol. The van der Waals surface area contributed by atoms with E-state index in [1.165, 1.54) is 6.20 Å². The first-order valence-corrected chi connectivity index (χ1v) is 8.79. The maximum atomic E-state index is 12.9. The lowest BCUT2D eigenvalue weighted by Crippen LogP contribution is -2.12. The van der Waals surface area contributed by atoms with Crippen LogP contribution in [0.2, 0.25) is 5.02 Å². The summed E-state index contributed by atoms with van der Waals surface area (Å²) in [5.41, 5.74) is 0.192. The van der Waals surface area contributed by atoms with Crippen LogP contribution in [0, 0.1) is 16.5 Å². The molecule has 0 unspecified atom stereocenters. The van der Waals surface area contributed by atoms with Crippen molar-refractivity contribution in [2.75, 3.05) is 19.0 Å². The van der Waals surface area contributed by atoms with Crippen LogP contribution in [0.15, 0.2) is 42.7 Å². The molecule has 11 heteroatoms. The van der Waals surface area contributed by atoms with Crippen molar-refractivity contribution in [3.05, 3.63) is 69.8 Å². The SMILES string of the molecule is CN(C)c1ccc([N+]([O-])=Cc2c(C#N)cnn2-c2ncc(C(F)(F)F)cc2Cl)cc1. The number of pyridine rings is 1. The number of nitriles is 1. The maximum absolute atomic E-state index is 12.9. The molecule has 0 saturated heterocycles. The van der Waals surface area contributed by atoms with Gasteiger partial charge in [0.15, 0.2) is 11.5 Å². The van der Waals surface area contributed by atoms with Crippen LogP contribution in [0.3, 0.4) is 0 Å². The first-order chi connectivity index (χ1) is 14.1. The van der Waals surface area contributed by atoms with Gasteiger partial charge in [-0.05, 0) is 18.2 Å². The van der Waals surface area contributed by atoms with Crippen LogP contribution >= 0.6 is 11.6 Å². The Labute approximate surface area is 174 Å². The van der Waals surface area contributed by atoms with Crippen molar-refractivity contribution in [1.29, 1.82) is 5.26 Å². The van der Waals surface area contributed by atoms with Gasteiger partial charge in [-0.15, -0.1) is 0 Å². The van der Waals surface area contributed by atoms with Gasteiger partial charge < -0.3 is 10.1 Å². The molecule has 0 spiro atoms. The van der Waals surface area contributed by atoms with Crippen LogP contribution in [0.1, 0.15) is 16.8 Å². The molecule has 2 heterocycles. The normalized spacial score (nSPS) is 12.0. The Bertz CT molecular complexity index is 1150. The fourth-order valence-electron chi connectivity index (χ4n) is 2.56. The average Bonchev–Trinajstić information content (AvgIpc) is 3.09. The minimum Gasteiger partial charge on any atom is -0.618 e. The molecule has 3 rings (SSSR count). The van der Waals surface area contributed by atoms with Crippen molar-refractivity contribution in [2.45, 2.75) is 6.18 Å². The van der Waals surface area contributed by atoms with Gasteiger partial charge in [0.1, 0.15) is 11.6 Å². The van der Waals surface area contributed by atoms with Crippen molar-refractivity contribution >= 4 is 29.2 Å². The summed E-state index contributed by atoms with van der Waals surface area (Å²) in [7, 11) is 3.71. The van der Waals surface area contributed by atoms with E-state index in [1.54, 1.807) is 24.3 Å². The van der Waals surface area contributed by atoms with Crippen LogP contribution in [-0.4, -0.2) is 39.8 Å². The highest BCUT2D eigenvalue weighted by Gasteiger charge is 2.32. The van der Waals surface area contributed by atoms with Crippen molar-refractivity contribution in [3.8, 4) is 11.9 Å². The van der Waals surface area contributed by atoms with E-state index in [0.717, 1.165) is 16.6 Å². The summed E-state index contributed by atoms with van der Waals surface area (Å²) in [5, 5.41) is 25.6. The first-order valence-electron chi connectivity index (χ1n) is 8.41. The van der Waals surface area contributed by atoms with Crippen molar-refractivity contribution in [1.82, 2.24) is 14.8 Å². The maximum Gasteiger partial charge on any atom is 0.417 e. The Kier molecular flexibility index (Phi) is 5.67. The molecule has 0 atom stereocenters. The zero-order valence-corrected chi connectivity index (χ0v) is 16.5. The summed E-state index contributed by atoms with van der Waals surface area (Å²) >= 11 is 5.98. The van der Waals surface area contributed by atoms with Gasteiger partial charge >= 0.3 is 6.18 Å². The third-order valence-corrected chi connectivity index (χ3v) is 4.41. The average molecular weight is 435 g/mol. The third kappa shape index (κ3) is 4.21.